The van der Waals surface area contributed by atoms with Gasteiger partial charge in [-0.05, 0) is 35.0 Å². The molecule has 23 heavy (non-hydrogen) atoms. The molecule has 4 nitrogen and oxygen atoms in total. The number of nitrogens with one attached hydrogen (secondary N) is 1. The standard InChI is InChI=1S/C19H18N2O2/c1-21(17-9-3-2-4-10-17)20-19(22)14-23-18-12-11-15-7-5-6-8-16(15)13-18/h2-13H,14H2,1H3,(H,20,22). The van der Waals surface area contributed by atoms with Crippen molar-refractivity contribution in [1.29, 1.82) is 0 Å². The second-order valence-corrected chi connectivity index (χ2v) is 5.23. The lowest BCUT2D eigenvalue weighted by atomic mass is 10.1. The lowest BCUT2D eigenvalue weighted by Crippen LogP contribution is -2.41. The number of amides is 1. The fraction of sp³-hybridized carbons (Fsp3) is 0.105. The molecule has 0 radical (unpaired) electrons. The summed E-state index contributed by atoms with van der Waals surface area (Å²) < 4.78 is 5.57. The number of nitrogens with zero attached hydrogens (tertiary/aromatic N) is 1. The maximum Gasteiger partial charge on any atom is 0.276 e. The van der Waals surface area contributed by atoms with Crippen LogP contribution in [0.15, 0.2) is 72.8 Å². The average Bonchev–Trinajstić information content (AvgIpc) is 2.60. The predicted octanol–water partition coefficient (Wildman–Crippen LogP) is 3.39. The fourth-order valence-electron chi connectivity index (χ4n) is 2.34. The molecule has 0 fully saturated rings. The van der Waals surface area contributed by atoms with E-state index < -0.39 is 0 Å². The summed E-state index contributed by atoms with van der Waals surface area (Å²) in [7, 11) is 1.79. The van der Waals surface area contributed by atoms with E-state index >= 15 is 0 Å². The van der Waals surface area contributed by atoms with Gasteiger partial charge in [0.2, 0.25) is 0 Å². The number of hydrazine groups is 1. The first kappa shape index (κ1) is 14.9. The van der Waals surface area contributed by atoms with Gasteiger partial charge in [-0.15, -0.1) is 0 Å². The largest absolute Gasteiger partial charge is 0.484 e. The van der Waals surface area contributed by atoms with E-state index in [1.807, 2.05) is 72.8 Å². The van der Waals surface area contributed by atoms with Crippen molar-refractivity contribution >= 4 is 22.4 Å². The molecule has 3 rings (SSSR count). The van der Waals surface area contributed by atoms with Gasteiger partial charge >= 0.3 is 0 Å². The molecule has 0 saturated heterocycles. The summed E-state index contributed by atoms with van der Waals surface area (Å²) in [5.74, 6) is 0.478. The van der Waals surface area contributed by atoms with E-state index in [0.717, 1.165) is 16.5 Å². The van der Waals surface area contributed by atoms with Crippen LogP contribution < -0.4 is 15.2 Å². The van der Waals surface area contributed by atoms with Gasteiger partial charge in [-0.3, -0.25) is 15.2 Å². The van der Waals surface area contributed by atoms with E-state index in [4.69, 9.17) is 4.74 Å². The Hall–Kier alpha value is -3.01. The molecule has 0 aromatic heterocycles. The molecule has 3 aromatic carbocycles. The van der Waals surface area contributed by atoms with E-state index in [1.165, 1.54) is 0 Å². The van der Waals surface area contributed by atoms with E-state index in [9.17, 15) is 4.79 Å². The van der Waals surface area contributed by atoms with Crippen molar-refractivity contribution in [2.75, 3.05) is 18.7 Å². The normalized spacial score (nSPS) is 10.3. The smallest absolute Gasteiger partial charge is 0.276 e. The van der Waals surface area contributed by atoms with Gasteiger partial charge in [0.15, 0.2) is 6.61 Å². The molecule has 0 unspecified atom stereocenters. The summed E-state index contributed by atoms with van der Waals surface area (Å²) >= 11 is 0. The first-order valence-electron chi connectivity index (χ1n) is 7.42. The highest BCUT2D eigenvalue weighted by molar-refractivity contribution is 5.84. The van der Waals surface area contributed by atoms with Crippen molar-refractivity contribution in [1.82, 2.24) is 5.43 Å². The van der Waals surface area contributed by atoms with Gasteiger partial charge in [0.25, 0.3) is 5.91 Å². The molecule has 0 bridgehead atoms. The fourth-order valence-corrected chi connectivity index (χ4v) is 2.34. The first-order chi connectivity index (χ1) is 11.2. The van der Waals surface area contributed by atoms with Crippen LogP contribution >= 0.6 is 0 Å². The van der Waals surface area contributed by atoms with E-state index in [1.54, 1.807) is 12.1 Å². The third kappa shape index (κ3) is 3.80. The number of anilines is 1. The maximum atomic E-state index is 12.0. The number of fused-ring (bicyclic) bond motifs is 1. The third-order valence-electron chi connectivity index (χ3n) is 3.53. The van der Waals surface area contributed by atoms with Gasteiger partial charge < -0.3 is 4.74 Å². The van der Waals surface area contributed by atoms with Gasteiger partial charge in [0.05, 0.1) is 5.69 Å². The molecule has 3 aromatic rings. The highest BCUT2D eigenvalue weighted by Crippen LogP contribution is 2.20. The number of hydrogen-bond acceptors (Lipinski definition) is 3. The van der Waals surface area contributed by atoms with Crippen LogP contribution in [0.3, 0.4) is 0 Å². The molecule has 1 amide bonds. The van der Waals surface area contributed by atoms with Crippen LogP contribution in [-0.2, 0) is 4.79 Å². The number of para-hydroxylation sites is 1. The van der Waals surface area contributed by atoms with Crippen molar-refractivity contribution in [3.63, 3.8) is 0 Å². The molecular formula is C19H18N2O2. The van der Waals surface area contributed by atoms with Crippen molar-refractivity contribution in [2.45, 2.75) is 0 Å². The van der Waals surface area contributed by atoms with Crippen LogP contribution in [0.1, 0.15) is 0 Å². The summed E-state index contributed by atoms with van der Waals surface area (Å²) in [6.07, 6.45) is 0. The molecular weight excluding hydrogens is 288 g/mol. The molecule has 0 heterocycles. The predicted molar refractivity (Wildman–Crippen MR) is 92.4 cm³/mol. The summed E-state index contributed by atoms with van der Waals surface area (Å²) in [6.45, 7) is -0.0322. The molecule has 0 spiro atoms. The van der Waals surface area contributed by atoms with Gasteiger partial charge in [-0.2, -0.15) is 0 Å². The Morgan fingerprint density at radius 3 is 2.43 bits per heavy atom. The summed E-state index contributed by atoms with van der Waals surface area (Å²) in [5.41, 5.74) is 3.68. The Kier molecular flexibility index (Phi) is 4.43. The number of benzene rings is 3. The van der Waals surface area contributed by atoms with Crippen LogP contribution in [-0.4, -0.2) is 19.6 Å². The quantitative estimate of drug-likeness (QED) is 0.735. The zero-order valence-corrected chi connectivity index (χ0v) is 12.9. The van der Waals surface area contributed by atoms with Gasteiger partial charge in [0, 0.05) is 7.05 Å². The molecule has 4 heteroatoms. The SMILES string of the molecule is CN(NC(=O)COc1ccc2ccccc2c1)c1ccccc1. The van der Waals surface area contributed by atoms with Crippen LogP contribution in [0.5, 0.6) is 5.75 Å². The lowest BCUT2D eigenvalue weighted by Gasteiger charge is -2.20. The van der Waals surface area contributed by atoms with E-state index in [-0.39, 0.29) is 12.5 Å². The molecule has 116 valence electrons. The van der Waals surface area contributed by atoms with E-state index in [0.29, 0.717) is 5.75 Å². The number of carbonyl (C=O) groups is 1. The topological polar surface area (TPSA) is 41.6 Å². The maximum absolute atomic E-state index is 12.0. The summed E-state index contributed by atoms with van der Waals surface area (Å²) in [4.78, 5) is 12.0. The Balaban J connectivity index is 1.57. The molecule has 0 aliphatic rings. The van der Waals surface area contributed by atoms with Crippen LogP contribution in [0, 0.1) is 0 Å². The number of rotatable bonds is 5. The monoisotopic (exact) mass is 306 g/mol. The van der Waals surface area contributed by atoms with Gasteiger partial charge in [0.1, 0.15) is 5.75 Å². The molecule has 0 aliphatic heterocycles. The Morgan fingerprint density at radius 2 is 1.65 bits per heavy atom. The third-order valence-corrected chi connectivity index (χ3v) is 3.53. The van der Waals surface area contributed by atoms with E-state index in [2.05, 4.69) is 5.43 Å². The minimum Gasteiger partial charge on any atom is -0.484 e. The van der Waals surface area contributed by atoms with Gasteiger partial charge in [-0.1, -0.05) is 48.5 Å². The molecule has 0 aliphatic carbocycles. The van der Waals surface area contributed by atoms with Crippen LogP contribution in [0.4, 0.5) is 5.69 Å². The Bertz CT molecular complexity index is 803. The minimum absolute atomic E-state index is 0.0322. The Morgan fingerprint density at radius 1 is 0.957 bits per heavy atom. The minimum atomic E-state index is -0.204. The zero-order valence-electron chi connectivity index (χ0n) is 12.9. The molecule has 0 saturated carbocycles. The van der Waals surface area contributed by atoms with Crippen LogP contribution in [0.2, 0.25) is 0 Å². The highest BCUT2D eigenvalue weighted by atomic mass is 16.5. The first-order valence-corrected chi connectivity index (χ1v) is 7.42. The second kappa shape index (κ2) is 6.83. The van der Waals surface area contributed by atoms with Crippen molar-refractivity contribution in [3.8, 4) is 5.75 Å². The summed E-state index contributed by atoms with van der Waals surface area (Å²) in [5, 5.41) is 3.91. The van der Waals surface area contributed by atoms with Crippen LogP contribution in [0.25, 0.3) is 10.8 Å². The molecule has 0 atom stereocenters. The number of carbonyl (C=O) groups excluding carboxylic acids is 1. The number of ether oxygens (including phenoxy) is 1. The lowest BCUT2D eigenvalue weighted by molar-refractivity contribution is -0.123. The zero-order chi connectivity index (χ0) is 16.1. The highest BCUT2D eigenvalue weighted by Gasteiger charge is 2.07. The summed E-state index contributed by atoms with van der Waals surface area (Å²) in [6, 6.07) is 23.4. The Labute approximate surface area is 135 Å². The number of hydrogen-bond donors (Lipinski definition) is 1. The second-order valence-electron chi connectivity index (χ2n) is 5.23. The van der Waals surface area contributed by atoms with Gasteiger partial charge in [-0.25, -0.2) is 0 Å². The van der Waals surface area contributed by atoms with Crippen molar-refractivity contribution in [3.05, 3.63) is 72.8 Å². The molecule has 1 N–H and O–H groups in total. The average molecular weight is 306 g/mol. The van der Waals surface area contributed by atoms with Crippen molar-refractivity contribution < 1.29 is 9.53 Å². The van der Waals surface area contributed by atoms with Crippen molar-refractivity contribution in [2.24, 2.45) is 0 Å².